The van der Waals surface area contributed by atoms with Crippen molar-refractivity contribution in [2.45, 2.75) is 27.2 Å². The van der Waals surface area contributed by atoms with E-state index in [-0.39, 0.29) is 0 Å². The minimum absolute atomic E-state index is 0.319. The summed E-state index contributed by atoms with van der Waals surface area (Å²) in [6.45, 7) is 6.04. The molecule has 1 aromatic heterocycles. The lowest BCUT2D eigenvalue weighted by atomic mass is 9.95. The average molecular weight is 309 g/mol. The molecular formula is C18H19N3O2. The molecule has 118 valence electrons. The highest BCUT2D eigenvalue weighted by Crippen LogP contribution is 2.20. The van der Waals surface area contributed by atoms with Crippen LogP contribution < -0.4 is 5.32 Å². The molecule has 1 N–H and O–H groups in total. The van der Waals surface area contributed by atoms with Crippen LogP contribution in [-0.4, -0.2) is 23.2 Å². The molecule has 0 aliphatic heterocycles. The van der Waals surface area contributed by atoms with Gasteiger partial charge in [-0.05, 0) is 38.0 Å². The number of rotatable bonds is 5. The first-order valence-electron chi connectivity index (χ1n) is 7.57. The van der Waals surface area contributed by atoms with Gasteiger partial charge in [-0.15, -0.1) is 0 Å². The van der Waals surface area contributed by atoms with Gasteiger partial charge in [0, 0.05) is 23.2 Å². The van der Waals surface area contributed by atoms with Gasteiger partial charge in [-0.25, -0.2) is 0 Å². The van der Waals surface area contributed by atoms with Crippen molar-refractivity contribution in [3.8, 4) is 6.07 Å². The van der Waals surface area contributed by atoms with Gasteiger partial charge in [-0.1, -0.05) is 19.1 Å². The number of benzene rings is 1. The largest absolute Gasteiger partial charge is 0.355 e. The molecule has 23 heavy (non-hydrogen) atoms. The fraction of sp³-hybridized carbons (Fsp3) is 0.333. The Bertz CT molecular complexity index is 806. The molecular weight excluding hydrogens is 290 g/mol. The number of hydrogen-bond acceptors (Lipinski definition) is 4. The molecule has 0 spiro atoms. The van der Waals surface area contributed by atoms with E-state index >= 15 is 0 Å². The topological polar surface area (TPSA) is 82.9 Å². The standard InChI is InChI=1S/C18H19N3O2/c1-4-7-20-18(23)15(10-19)17(22)14-9-13-6-5-11(2)8-16(13)21-12(14)3/h5-6,8-9,15H,4,7H2,1-3H3,(H,20,23)/t15-/m0/s1. The number of ketones is 1. The number of aryl methyl sites for hydroxylation is 2. The maximum atomic E-state index is 12.6. The van der Waals surface area contributed by atoms with Gasteiger partial charge in [0.25, 0.3) is 0 Å². The molecule has 0 aliphatic rings. The van der Waals surface area contributed by atoms with Crippen LogP contribution in [0.1, 0.15) is 35.0 Å². The van der Waals surface area contributed by atoms with Gasteiger partial charge in [-0.2, -0.15) is 5.26 Å². The number of carbonyl (C=O) groups is 2. The first-order valence-corrected chi connectivity index (χ1v) is 7.57. The fourth-order valence-electron chi connectivity index (χ4n) is 2.36. The lowest BCUT2D eigenvalue weighted by molar-refractivity contribution is -0.122. The van der Waals surface area contributed by atoms with Crippen LogP contribution in [0.4, 0.5) is 0 Å². The molecule has 0 bridgehead atoms. The van der Waals surface area contributed by atoms with Crippen LogP contribution in [-0.2, 0) is 4.79 Å². The number of fused-ring (bicyclic) bond motifs is 1. The maximum Gasteiger partial charge on any atom is 0.245 e. The number of carbonyl (C=O) groups excluding carboxylic acids is 2. The molecule has 0 saturated carbocycles. The summed E-state index contributed by atoms with van der Waals surface area (Å²) in [6.07, 6.45) is 0.744. The Morgan fingerprint density at radius 3 is 2.70 bits per heavy atom. The molecule has 1 atom stereocenters. The Morgan fingerprint density at radius 1 is 1.30 bits per heavy atom. The normalized spacial score (nSPS) is 11.7. The third-order valence-corrected chi connectivity index (χ3v) is 3.63. The van der Waals surface area contributed by atoms with E-state index in [1.54, 1.807) is 19.1 Å². The smallest absolute Gasteiger partial charge is 0.245 e. The summed E-state index contributed by atoms with van der Waals surface area (Å²) in [5.41, 5.74) is 2.72. The number of amides is 1. The molecule has 1 heterocycles. The van der Waals surface area contributed by atoms with Crippen LogP contribution in [0, 0.1) is 31.1 Å². The predicted octanol–water partition coefficient (Wildman–Crippen LogP) is 2.70. The second-order valence-electron chi connectivity index (χ2n) is 5.53. The van der Waals surface area contributed by atoms with Crippen molar-refractivity contribution in [2.24, 2.45) is 5.92 Å². The van der Waals surface area contributed by atoms with E-state index in [0.717, 1.165) is 22.9 Å². The zero-order valence-electron chi connectivity index (χ0n) is 13.5. The van der Waals surface area contributed by atoms with Crippen molar-refractivity contribution in [1.29, 1.82) is 5.26 Å². The van der Waals surface area contributed by atoms with E-state index in [1.807, 2.05) is 32.0 Å². The van der Waals surface area contributed by atoms with E-state index in [0.29, 0.717) is 17.8 Å². The van der Waals surface area contributed by atoms with Crippen molar-refractivity contribution in [2.75, 3.05) is 6.54 Å². The molecule has 0 fully saturated rings. The number of nitriles is 1. The van der Waals surface area contributed by atoms with Crippen LogP contribution in [0.25, 0.3) is 10.9 Å². The molecule has 1 amide bonds. The molecule has 0 unspecified atom stereocenters. The first kappa shape index (κ1) is 16.6. The number of nitrogens with one attached hydrogen (secondary N) is 1. The van der Waals surface area contributed by atoms with Crippen LogP contribution in [0.15, 0.2) is 24.3 Å². The third-order valence-electron chi connectivity index (χ3n) is 3.63. The highest BCUT2D eigenvalue weighted by Gasteiger charge is 2.28. The third kappa shape index (κ3) is 3.54. The molecule has 0 radical (unpaired) electrons. The van der Waals surface area contributed by atoms with Gasteiger partial charge in [0.15, 0.2) is 11.7 Å². The highest BCUT2D eigenvalue weighted by atomic mass is 16.2. The van der Waals surface area contributed by atoms with Gasteiger partial charge < -0.3 is 5.32 Å². The first-order chi connectivity index (χ1) is 11.0. The van der Waals surface area contributed by atoms with E-state index in [9.17, 15) is 14.9 Å². The summed E-state index contributed by atoms with van der Waals surface area (Å²) in [7, 11) is 0. The zero-order chi connectivity index (χ0) is 17.0. The highest BCUT2D eigenvalue weighted by molar-refractivity contribution is 6.13. The molecule has 2 aromatic rings. The zero-order valence-corrected chi connectivity index (χ0v) is 13.5. The lowest BCUT2D eigenvalue weighted by Gasteiger charge is -2.11. The predicted molar refractivity (Wildman–Crippen MR) is 88.0 cm³/mol. The Morgan fingerprint density at radius 2 is 2.04 bits per heavy atom. The Kier molecular flexibility index (Phi) is 5.07. The second kappa shape index (κ2) is 7.01. The number of nitrogens with zero attached hydrogens (tertiary/aromatic N) is 2. The van der Waals surface area contributed by atoms with Crippen LogP contribution in [0.3, 0.4) is 0 Å². The number of pyridine rings is 1. The summed E-state index contributed by atoms with van der Waals surface area (Å²) in [5, 5.41) is 12.6. The number of hydrogen-bond donors (Lipinski definition) is 1. The summed E-state index contributed by atoms with van der Waals surface area (Å²) >= 11 is 0. The van der Waals surface area contributed by atoms with Gasteiger partial charge in [0.2, 0.25) is 5.91 Å². The quantitative estimate of drug-likeness (QED) is 0.680. The summed E-state index contributed by atoms with van der Waals surface area (Å²) in [4.78, 5) is 29.0. The van der Waals surface area contributed by atoms with Gasteiger partial charge in [0.05, 0.1) is 11.6 Å². The van der Waals surface area contributed by atoms with Crippen molar-refractivity contribution in [3.05, 3.63) is 41.1 Å². The van der Waals surface area contributed by atoms with Crippen molar-refractivity contribution in [3.63, 3.8) is 0 Å². The van der Waals surface area contributed by atoms with Crippen molar-refractivity contribution < 1.29 is 9.59 Å². The monoisotopic (exact) mass is 309 g/mol. The summed E-state index contributed by atoms with van der Waals surface area (Å²) in [6, 6.07) is 9.26. The minimum atomic E-state index is -1.34. The van der Waals surface area contributed by atoms with E-state index in [1.165, 1.54) is 0 Å². The molecule has 0 saturated heterocycles. The lowest BCUT2D eigenvalue weighted by Crippen LogP contribution is -2.35. The average Bonchev–Trinajstić information content (AvgIpc) is 2.52. The molecule has 5 heteroatoms. The van der Waals surface area contributed by atoms with E-state index < -0.39 is 17.6 Å². The Hall–Kier alpha value is -2.74. The van der Waals surface area contributed by atoms with Crippen LogP contribution in [0.2, 0.25) is 0 Å². The fourth-order valence-corrected chi connectivity index (χ4v) is 2.36. The minimum Gasteiger partial charge on any atom is -0.355 e. The second-order valence-corrected chi connectivity index (χ2v) is 5.53. The SMILES string of the molecule is CCCNC(=O)[C@@H](C#N)C(=O)c1cc2ccc(C)cc2nc1C. The van der Waals surface area contributed by atoms with Crippen molar-refractivity contribution >= 4 is 22.6 Å². The van der Waals surface area contributed by atoms with E-state index in [4.69, 9.17) is 0 Å². The molecule has 2 rings (SSSR count). The van der Waals surface area contributed by atoms with Gasteiger partial charge in [0.1, 0.15) is 0 Å². The summed E-state index contributed by atoms with van der Waals surface area (Å²) in [5.74, 6) is -2.40. The maximum absolute atomic E-state index is 12.6. The van der Waals surface area contributed by atoms with E-state index in [2.05, 4.69) is 10.3 Å². The van der Waals surface area contributed by atoms with Crippen LogP contribution >= 0.6 is 0 Å². The number of aromatic nitrogens is 1. The number of Topliss-reactive ketones (excluding diaryl/α,β-unsaturated/α-hetero) is 1. The Labute approximate surface area is 135 Å². The van der Waals surface area contributed by atoms with Crippen LogP contribution in [0.5, 0.6) is 0 Å². The van der Waals surface area contributed by atoms with Gasteiger partial charge >= 0.3 is 0 Å². The van der Waals surface area contributed by atoms with Crippen molar-refractivity contribution in [1.82, 2.24) is 10.3 Å². The molecule has 1 aromatic carbocycles. The van der Waals surface area contributed by atoms with Gasteiger partial charge in [-0.3, -0.25) is 14.6 Å². The molecule has 0 aliphatic carbocycles. The summed E-state index contributed by atoms with van der Waals surface area (Å²) < 4.78 is 0. The molecule has 5 nitrogen and oxygen atoms in total. The Balaban J connectivity index is 2.40.